The first kappa shape index (κ1) is 21.3. The molecular formula is C20H23N3O4S. The van der Waals surface area contributed by atoms with Crippen molar-refractivity contribution in [2.75, 3.05) is 34.6 Å². The Morgan fingerprint density at radius 1 is 0.964 bits per heavy atom. The Morgan fingerprint density at radius 2 is 1.68 bits per heavy atom. The van der Waals surface area contributed by atoms with E-state index in [1.54, 1.807) is 24.3 Å². The highest BCUT2D eigenvalue weighted by molar-refractivity contribution is 7.99. The van der Waals surface area contributed by atoms with Gasteiger partial charge in [0.2, 0.25) is 5.91 Å². The number of thioether (sulfide) groups is 1. The molecule has 0 atom stereocenters. The normalized spacial score (nSPS) is 10.1. The number of hydrogen-bond donors (Lipinski definition) is 3. The van der Waals surface area contributed by atoms with Gasteiger partial charge in [0.05, 0.1) is 12.9 Å². The maximum atomic E-state index is 12.1. The van der Waals surface area contributed by atoms with Crippen LogP contribution in [0, 0.1) is 6.92 Å². The quantitative estimate of drug-likeness (QED) is 0.461. The summed E-state index contributed by atoms with van der Waals surface area (Å²) in [5, 5.41) is 8.32. The van der Waals surface area contributed by atoms with Gasteiger partial charge < -0.3 is 20.7 Å². The van der Waals surface area contributed by atoms with Gasteiger partial charge in [0.25, 0.3) is 0 Å². The summed E-state index contributed by atoms with van der Waals surface area (Å²) >= 11 is 1.34. The number of anilines is 3. The van der Waals surface area contributed by atoms with Crippen LogP contribution >= 0.6 is 11.8 Å². The molecule has 0 saturated heterocycles. The Labute approximate surface area is 168 Å². The first-order valence-corrected chi connectivity index (χ1v) is 9.81. The van der Waals surface area contributed by atoms with E-state index in [2.05, 4.69) is 20.7 Å². The molecule has 8 heteroatoms. The van der Waals surface area contributed by atoms with E-state index in [1.165, 1.54) is 18.9 Å². The monoisotopic (exact) mass is 401 g/mol. The number of urea groups is 1. The average molecular weight is 401 g/mol. The lowest BCUT2D eigenvalue weighted by molar-refractivity contribution is -0.137. The van der Waals surface area contributed by atoms with Crippen molar-refractivity contribution in [2.24, 2.45) is 0 Å². The van der Waals surface area contributed by atoms with Gasteiger partial charge in [-0.1, -0.05) is 24.3 Å². The van der Waals surface area contributed by atoms with Crippen molar-refractivity contribution in [1.82, 2.24) is 0 Å². The highest BCUT2D eigenvalue weighted by Crippen LogP contribution is 2.21. The van der Waals surface area contributed by atoms with Gasteiger partial charge in [-0.05, 0) is 36.8 Å². The number of benzene rings is 2. The van der Waals surface area contributed by atoms with Crippen molar-refractivity contribution in [3.05, 3.63) is 54.1 Å². The summed E-state index contributed by atoms with van der Waals surface area (Å²) in [7, 11) is 1.33. The predicted octanol–water partition coefficient (Wildman–Crippen LogP) is 3.87. The molecular weight excluding hydrogens is 378 g/mol. The first-order valence-electron chi connectivity index (χ1n) is 8.66. The largest absolute Gasteiger partial charge is 0.468 e. The van der Waals surface area contributed by atoms with E-state index < -0.39 is 0 Å². The second kappa shape index (κ2) is 11.0. The van der Waals surface area contributed by atoms with Crippen LogP contribution in [0.1, 0.15) is 12.0 Å². The maximum Gasteiger partial charge on any atom is 0.323 e. The summed E-state index contributed by atoms with van der Waals surface area (Å²) < 4.78 is 4.55. The summed E-state index contributed by atoms with van der Waals surface area (Å²) in [4.78, 5) is 35.3. The van der Waals surface area contributed by atoms with Crippen molar-refractivity contribution in [1.29, 1.82) is 0 Å². The molecule has 2 aromatic rings. The minimum atomic E-state index is -0.369. The van der Waals surface area contributed by atoms with Gasteiger partial charge in [-0.3, -0.25) is 9.59 Å². The molecule has 0 aliphatic heterocycles. The van der Waals surface area contributed by atoms with Crippen molar-refractivity contribution in [3.8, 4) is 0 Å². The second-order valence-corrected chi connectivity index (χ2v) is 7.01. The molecule has 3 amide bonds. The lowest BCUT2D eigenvalue weighted by Gasteiger charge is -2.12. The highest BCUT2D eigenvalue weighted by Gasteiger charge is 2.09. The Balaban J connectivity index is 1.87. The molecule has 0 fully saturated rings. The Kier molecular flexibility index (Phi) is 8.36. The smallest absolute Gasteiger partial charge is 0.323 e. The number of methoxy groups -OCH3 is 1. The summed E-state index contributed by atoms with van der Waals surface area (Å²) in [6, 6.07) is 14.0. The number of hydrogen-bond acceptors (Lipinski definition) is 5. The standard InChI is InChI=1S/C20H23N3O4S/c1-14-8-9-16(22-20(26)21-15-6-4-3-5-7-15)12-17(14)23-18(24)10-11-28-13-19(25)27-2/h3-9,12H,10-11,13H2,1-2H3,(H,23,24)(H2,21,22,26). The lowest BCUT2D eigenvalue weighted by Crippen LogP contribution is -2.19. The lowest BCUT2D eigenvalue weighted by atomic mass is 10.1. The second-order valence-electron chi connectivity index (χ2n) is 5.90. The van der Waals surface area contributed by atoms with Crippen LogP contribution in [0.4, 0.5) is 21.9 Å². The number of ether oxygens (including phenoxy) is 1. The number of amides is 3. The average Bonchev–Trinajstić information content (AvgIpc) is 2.68. The van der Waals surface area contributed by atoms with E-state index in [0.717, 1.165) is 5.56 Å². The number of aryl methyl sites for hydroxylation is 1. The molecule has 0 radical (unpaired) electrons. The Bertz CT molecular complexity index is 827. The molecule has 0 aliphatic carbocycles. The van der Waals surface area contributed by atoms with Crippen LogP contribution in [-0.2, 0) is 14.3 Å². The Hall–Kier alpha value is -3.00. The molecule has 0 bridgehead atoms. The summed E-state index contributed by atoms with van der Waals surface area (Å²) in [5.74, 6) is 0.260. The Morgan fingerprint density at radius 3 is 2.39 bits per heavy atom. The van der Waals surface area contributed by atoms with E-state index in [-0.39, 0.29) is 30.1 Å². The van der Waals surface area contributed by atoms with Crippen LogP contribution < -0.4 is 16.0 Å². The molecule has 7 nitrogen and oxygen atoms in total. The minimum Gasteiger partial charge on any atom is -0.468 e. The molecule has 0 unspecified atom stereocenters. The van der Waals surface area contributed by atoms with Crippen LogP contribution in [0.25, 0.3) is 0 Å². The number of esters is 1. The third-order valence-corrected chi connectivity index (χ3v) is 4.65. The van der Waals surface area contributed by atoms with Crippen molar-refractivity contribution in [2.45, 2.75) is 13.3 Å². The SMILES string of the molecule is COC(=O)CSCCC(=O)Nc1cc(NC(=O)Nc2ccccc2)ccc1C. The zero-order valence-corrected chi connectivity index (χ0v) is 16.6. The van der Waals surface area contributed by atoms with E-state index in [1.807, 2.05) is 31.2 Å². The van der Waals surface area contributed by atoms with E-state index in [9.17, 15) is 14.4 Å². The zero-order valence-electron chi connectivity index (χ0n) is 15.8. The van der Waals surface area contributed by atoms with Gasteiger partial charge in [-0.2, -0.15) is 0 Å². The molecule has 0 aliphatic rings. The highest BCUT2D eigenvalue weighted by atomic mass is 32.2. The van der Waals surface area contributed by atoms with Crippen LogP contribution in [0.5, 0.6) is 0 Å². The molecule has 0 spiro atoms. The number of carbonyl (C=O) groups excluding carboxylic acids is 3. The van der Waals surface area contributed by atoms with E-state index in [4.69, 9.17) is 0 Å². The topological polar surface area (TPSA) is 96.5 Å². The molecule has 0 aromatic heterocycles. The van der Waals surface area contributed by atoms with Gasteiger partial charge in [0, 0.05) is 29.2 Å². The molecule has 28 heavy (non-hydrogen) atoms. The fourth-order valence-electron chi connectivity index (χ4n) is 2.24. The molecule has 0 heterocycles. The molecule has 2 rings (SSSR count). The van der Waals surface area contributed by atoms with Gasteiger partial charge in [-0.15, -0.1) is 11.8 Å². The zero-order chi connectivity index (χ0) is 20.4. The van der Waals surface area contributed by atoms with E-state index in [0.29, 0.717) is 22.8 Å². The summed E-state index contributed by atoms with van der Waals surface area (Å²) in [5.41, 5.74) is 2.75. The fourth-order valence-corrected chi connectivity index (χ4v) is 3.00. The van der Waals surface area contributed by atoms with E-state index >= 15 is 0 Å². The van der Waals surface area contributed by atoms with Crippen LogP contribution in [0.3, 0.4) is 0 Å². The maximum absolute atomic E-state index is 12.1. The predicted molar refractivity (Wildman–Crippen MR) is 113 cm³/mol. The van der Waals surface area contributed by atoms with Gasteiger partial charge in [0.1, 0.15) is 0 Å². The van der Waals surface area contributed by atoms with Crippen LogP contribution in [-0.4, -0.2) is 36.5 Å². The van der Waals surface area contributed by atoms with Gasteiger partial charge in [0.15, 0.2) is 0 Å². The van der Waals surface area contributed by atoms with Gasteiger partial charge >= 0.3 is 12.0 Å². The number of rotatable bonds is 8. The molecule has 148 valence electrons. The number of carbonyl (C=O) groups is 3. The summed E-state index contributed by atoms with van der Waals surface area (Å²) in [6.45, 7) is 1.87. The molecule has 3 N–H and O–H groups in total. The fraction of sp³-hybridized carbons (Fsp3) is 0.250. The van der Waals surface area contributed by atoms with Crippen LogP contribution in [0.2, 0.25) is 0 Å². The minimum absolute atomic E-state index is 0.161. The van der Waals surface area contributed by atoms with Crippen LogP contribution in [0.15, 0.2) is 48.5 Å². The summed E-state index contributed by atoms with van der Waals surface area (Å²) in [6.07, 6.45) is 0.271. The number of nitrogens with one attached hydrogen (secondary N) is 3. The van der Waals surface area contributed by atoms with Crippen molar-refractivity contribution in [3.63, 3.8) is 0 Å². The number of para-hydroxylation sites is 1. The molecule has 2 aromatic carbocycles. The first-order chi connectivity index (χ1) is 13.5. The molecule has 0 saturated carbocycles. The van der Waals surface area contributed by atoms with Crippen molar-refractivity contribution < 1.29 is 19.1 Å². The third kappa shape index (κ3) is 7.32. The van der Waals surface area contributed by atoms with Gasteiger partial charge in [-0.25, -0.2) is 4.79 Å². The third-order valence-electron chi connectivity index (χ3n) is 3.72. The van der Waals surface area contributed by atoms with Crippen molar-refractivity contribution >= 4 is 46.7 Å².